The van der Waals surface area contributed by atoms with E-state index in [9.17, 15) is 9.18 Å². The Morgan fingerprint density at radius 3 is 2.20 bits per heavy atom. The van der Waals surface area contributed by atoms with Crippen LogP contribution in [0.3, 0.4) is 0 Å². The Balaban J connectivity index is 1.22. The SMILES string of the molecule is COc1ccc(CN(Cc2ccc(OC)cc2)c2ncnn3c(C(=O)Nc4c(C)ccc5c(Nc6cccc(Cl)c6F)nccc45)ccc23)cc1. The highest BCUT2D eigenvalue weighted by atomic mass is 35.5. The second-order valence-corrected chi connectivity index (χ2v) is 12.3. The summed E-state index contributed by atoms with van der Waals surface area (Å²) in [5.41, 5.74) is 4.72. The van der Waals surface area contributed by atoms with Crippen LogP contribution in [-0.4, -0.2) is 39.7 Å². The topological polar surface area (TPSA) is 106 Å². The van der Waals surface area contributed by atoms with Crippen LogP contribution in [0.15, 0.2) is 110 Å². The first-order valence-corrected chi connectivity index (χ1v) is 16.4. The summed E-state index contributed by atoms with van der Waals surface area (Å²) in [5, 5.41) is 12.1. The van der Waals surface area contributed by atoms with Gasteiger partial charge in [-0.05, 0) is 78.2 Å². The molecule has 0 saturated heterocycles. The molecule has 0 atom stereocenters. The van der Waals surface area contributed by atoms with Gasteiger partial charge in [-0.3, -0.25) is 4.79 Å². The number of nitrogens with one attached hydrogen (secondary N) is 2. The standard InChI is InChI=1S/C39H33ClFN7O3/c1-24-7-16-30-29(19-20-42-37(30)45-32-6-4-5-31(40)35(32)41)36(24)46-39(49)34-18-17-33-38(43-23-44-48(33)34)47(21-25-8-12-27(50-2)13-9-25)22-26-10-14-28(51-3)15-11-26/h4-20,23H,21-22H2,1-3H3,(H,42,45)(H,46,49). The van der Waals surface area contributed by atoms with Crippen LogP contribution in [0.1, 0.15) is 27.2 Å². The Morgan fingerprint density at radius 2 is 1.53 bits per heavy atom. The molecule has 51 heavy (non-hydrogen) atoms. The van der Waals surface area contributed by atoms with Gasteiger partial charge < -0.3 is 25.0 Å². The summed E-state index contributed by atoms with van der Waals surface area (Å²) >= 11 is 6.01. The van der Waals surface area contributed by atoms with E-state index < -0.39 is 5.82 Å². The van der Waals surface area contributed by atoms with Crippen molar-refractivity contribution in [2.75, 3.05) is 29.8 Å². The second-order valence-electron chi connectivity index (χ2n) is 11.8. The molecule has 0 radical (unpaired) electrons. The minimum atomic E-state index is -0.577. The Kier molecular flexibility index (Phi) is 9.36. The van der Waals surface area contributed by atoms with Crippen LogP contribution < -0.4 is 25.0 Å². The van der Waals surface area contributed by atoms with E-state index >= 15 is 0 Å². The van der Waals surface area contributed by atoms with Gasteiger partial charge in [0.1, 0.15) is 34.9 Å². The largest absolute Gasteiger partial charge is 0.497 e. The smallest absolute Gasteiger partial charge is 0.274 e. The quantitative estimate of drug-likeness (QED) is 0.138. The number of benzene rings is 4. The Hall–Kier alpha value is -6.20. The van der Waals surface area contributed by atoms with Crippen molar-refractivity contribution < 1.29 is 18.7 Å². The number of amides is 1. The number of fused-ring (bicyclic) bond motifs is 2. The lowest BCUT2D eigenvalue weighted by atomic mass is 10.1. The van der Waals surface area contributed by atoms with Crippen molar-refractivity contribution in [3.8, 4) is 11.5 Å². The zero-order valence-electron chi connectivity index (χ0n) is 28.0. The van der Waals surface area contributed by atoms with Crippen molar-refractivity contribution in [1.82, 2.24) is 19.6 Å². The lowest BCUT2D eigenvalue weighted by Gasteiger charge is -2.25. The highest BCUT2D eigenvalue weighted by Gasteiger charge is 2.21. The van der Waals surface area contributed by atoms with Gasteiger partial charge in [-0.2, -0.15) is 5.10 Å². The van der Waals surface area contributed by atoms with Gasteiger partial charge in [0, 0.05) is 30.1 Å². The van der Waals surface area contributed by atoms with E-state index in [1.165, 1.54) is 12.4 Å². The van der Waals surface area contributed by atoms with Gasteiger partial charge in [-0.25, -0.2) is 18.9 Å². The maximum absolute atomic E-state index is 14.7. The van der Waals surface area contributed by atoms with Gasteiger partial charge in [0.25, 0.3) is 5.91 Å². The van der Waals surface area contributed by atoms with E-state index in [4.69, 9.17) is 26.1 Å². The number of methoxy groups -OCH3 is 2. The number of hydrogen-bond donors (Lipinski definition) is 2. The minimum absolute atomic E-state index is 0.00000905. The van der Waals surface area contributed by atoms with Crippen molar-refractivity contribution >= 4 is 56.8 Å². The number of hydrogen-bond acceptors (Lipinski definition) is 8. The van der Waals surface area contributed by atoms with E-state index in [1.54, 1.807) is 43.1 Å². The molecule has 0 aliphatic heterocycles. The molecule has 0 aliphatic carbocycles. The molecule has 7 aromatic rings. The average molecular weight is 702 g/mol. The summed E-state index contributed by atoms with van der Waals surface area (Å²) in [5.74, 6) is 1.68. The lowest BCUT2D eigenvalue weighted by Crippen LogP contribution is -2.24. The molecule has 0 fully saturated rings. The van der Waals surface area contributed by atoms with Gasteiger partial charge in [0.15, 0.2) is 11.6 Å². The molecule has 0 unspecified atom stereocenters. The van der Waals surface area contributed by atoms with E-state index in [0.29, 0.717) is 47.0 Å². The van der Waals surface area contributed by atoms with E-state index in [2.05, 4.69) is 25.6 Å². The molecule has 256 valence electrons. The fourth-order valence-corrected chi connectivity index (χ4v) is 6.15. The molecule has 2 N–H and O–H groups in total. The van der Waals surface area contributed by atoms with Crippen LogP contribution in [0.25, 0.3) is 16.3 Å². The highest BCUT2D eigenvalue weighted by molar-refractivity contribution is 6.31. The van der Waals surface area contributed by atoms with E-state index in [1.807, 2.05) is 79.7 Å². The summed E-state index contributed by atoms with van der Waals surface area (Å²) in [6, 6.07) is 29.7. The third kappa shape index (κ3) is 6.84. The number of ether oxygens (including phenoxy) is 2. The zero-order valence-corrected chi connectivity index (χ0v) is 28.8. The first kappa shape index (κ1) is 33.3. The zero-order chi connectivity index (χ0) is 35.5. The number of aryl methyl sites for hydroxylation is 1. The molecule has 3 heterocycles. The summed E-state index contributed by atoms with van der Waals surface area (Å²) in [4.78, 5) is 25.3. The average Bonchev–Trinajstić information content (AvgIpc) is 3.60. The minimum Gasteiger partial charge on any atom is -0.497 e. The molecule has 10 nitrogen and oxygen atoms in total. The number of carbonyl (C=O) groups is 1. The first-order valence-electron chi connectivity index (χ1n) is 16.1. The van der Waals surface area contributed by atoms with Crippen LogP contribution >= 0.6 is 11.6 Å². The van der Waals surface area contributed by atoms with Gasteiger partial charge in [-0.15, -0.1) is 0 Å². The molecule has 7 rings (SSSR count). The number of aromatic nitrogens is 4. The van der Waals surface area contributed by atoms with Crippen LogP contribution in [0.4, 0.5) is 27.4 Å². The Bertz CT molecular complexity index is 2320. The number of rotatable bonds is 11. The highest BCUT2D eigenvalue weighted by Crippen LogP contribution is 2.34. The Morgan fingerprint density at radius 1 is 0.843 bits per heavy atom. The molecule has 4 aromatic carbocycles. The number of anilines is 4. The molecular formula is C39H33ClFN7O3. The van der Waals surface area contributed by atoms with Gasteiger partial charge in [0.05, 0.1) is 30.6 Å². The summed E-state index contributed by atoms with van der Waals surface area (Å²) in [6.07, 6.45) is 3.06. The number of pyridine rings is 1. The first-order chi connectivity index (χ1) is 24.8. The number of carbonyl (C=O) groups excluding carboxylic acids is 1. The molecule has 0 spiro atoms. The fourth-order valence-electron chi connectivity index (χ4n) is 5.98. The molecule has 3 aromatic heterocycles. The number of halogens is 2. The van der Waals surface area contributed by atoms with E-state index in [-0.39, 0.29) is 16.6 Å². The van der Waals surface area contributed by atoms with E-state index in [0.717, 1.165) is 33.6 Å². The second kappa shape index (κ2) is 14.3. The van der Waals surface area contributed by atoms with Crippen molar-refractivity contribution in [2.45, 2.75) is 20.0 Å². The number of nitrogens with zero attached hydrogens (tertiary/aromatic N) is 5. The van der Waals surface area contributed by atoms with Crippen molar-refractivity contribution in [3.63, 3.8) is 0 Å². The van der Waals surface area contributed by atoms with Crippen LogP contribution in [-0.2, 0) is 13.1 Å². The summed E-state index contributed by atoms with van der Waals surface area (Å²) < 4.78 is 27.1. The fraction of sp³-hybridized carbons (Fsp3) is 0.128. The van der Waals surface area contributed by atoms with Crippen LogP contribution in [0, 0.1) is 12.7 Å². The van der Waals surface area contributed by atoms with Gasteiger partial charge >= 0.3 is 0 Å². The van der Waals surface area contributed by atoms with Crippen molar-refractivity contribution in [2.24, 2.45) is 0 Å². The maximum atomic E-state index is 14.7. The molecule has 0 aliphatic rings. The summed E-state index contributed by atoms with van der Waals surface area (Å²) in [6.45, 7) is 2.98. The summed E-state index contributed by atoms with van der Waals surface area (Å²) in [7, 11) is 3.28. The van der Waals surface area contributed by atoms with Crippen molar-refractivity contribution in [3.05, 3.63) is 143 Å². The van der Waals surface area contributed by atoms with Crippen molar-refractivity contribution in [1.29, 1.82) is 0 Å². The molecular weight excluding hydrogens is 669 g/mol. The third-order valence-corrected chi connectivity index (χ3v) is 8.92. The van der Waals surface area contributed by atoms with Gasteiger partial charge in [-0.1, -0.05) is 54.1 Å². The van der Waals surface area contributed by atoms with Crippen LogP contribution in [0.5, 0.6) is 11.5 Å². The monoisotopic (exact) mass is 701 g/mol. The predicted octanol–water partition coefficient (Wildman–Crippen LogP) is 8.60. The Labute approximate surface area is 298 Å². The third-order valence-electron chi connectivity index (χ3n) is 8.63. The molecule has 0 saturated carbocycles. The molecule has 1 amide bonds. The molecule has 0 bridgehead atoms. The lowest BCUT2D eigenvalue weighted by molar-refractivity contribution is 0.102. The van der Waals surface area contributed by atoms with Gasteiger partial charge in [0.2, 0.25) is 0 Å². The maximum Gasteiger partial charge on any atom is 0.274 e. The predicted molar refractivity (Wildman–Crippen MR) is 198 cm³/mol. The van der Waals surface area contributed by atoms with Crippen LogP contribution in [0.2, 0.25) is 5.02 Å². The molecule has 12 heteroatoms. The normalized spacial score (nSPS) is 11.1.